The van der Waals surface area contributed by atoms with Gasteiger partial charge < -0.3 is 20.3 Å². The van der Waals surface area contributed by atoms with E-state index in [-0.39, 0.29) is 6.04 Å². The van der Waals surface area contributed by atoms with Gasteiger partial charge >= 0.3 is 5.97 Å². The molecule has 1 fully saturated rings. The highest BCUT2D eigenvalue weighted by molar-refractivity contribution is 7.80. The first kappa shape index (κ1) is 22.4. The lowest BCUT2D eigenvalue weighted by molar-refractivity contribution is 0.0601. The van der Waals surface area contributed by atoms with Gasteiger partial charge in [-0.3, -0.25) is 0 Å². The smallest absolute Gasteiger partial charge is 0.339 e. The van der Waals surface area contributed by atoms with Gasteiger partial charge in [0.25, 0.3) is 0 Å². The third-order valence-corrected chi connectivity index (χ3v) is 6.07. The Labute approximate surface area is 188 Å². The maximum Gasteiger partial charge on any atom is 0.339 e. The number of anilines is 2. The Morgan fingerprint density at radius 2 is 1.87 bits per heavy atom. The second kappa shape index (κ2) is 10.1. The number of nitrogens with one attached hydrogen (secondary N) is 2. The average Bonchev–Trinajstić information content (AvgIpc) is 2.75. The molecule has 1 aliphatic rings. The fraction of sp³-hybridized carbons (Fsp3) is 0.391. The number of methoxy groups -OCH3 is 1. The first-order valence-electron chi connectivity index (χ1n) is 10.2. The molecule has 1 saturated heterocycles. The number of rotatable bonds is 5. The van der Waals surface area contributed by atoms with Gasteiger partial charge in [-0.25, -0.2) is 4.79 Å². The monoisotopic (exact) mass is 445 g/mol. The Kier molecular flexibility index (Phi) is 7.56. The standard InChI is InChI=1S/C23H28ClN3O2S/c1-15-10-12-27(13-11-15)19-7-4-17(5-8-19)16(2)25-23(30)26-18-6-9-21(24)20(14-18)22(28)29-3/h4-9,14-16H,10-13H2,1-3H3,(H2,25,26,30)/t16-/m1/s1. The number of nitrogens with zero attached hydrogens (tertiary/aromatic N) is 1. The van der Waals surface area contributed by atoms with E-state index in [9.17, 15) is 4.79 Å². The molecule has 0 saturated carbocycles. The molecule has 0 unspecified atom stereocenters. The number of carbonyl (C=O) groups is 1. The van der Waals surface area contributed by atoms with Crippen LogP contribution in [0.5, 0.6) is 0 Å². The minimum Gasteiger partial charge on any atom is -0.465 e. The molecule has 1 atom stereocenters. The lowest BCUT2D eigenvalue weighted by atomic mass is 9.98. The van der Waals surface area contributed by atoms with Crippen molar-refractivity contribution in [2.24, 2.45) is 5.92 Å². The quantitative estimate of drug-likeness (QED) is 0.474. The van der Waals surface area contributed by atoms with E-state index in [2.05, 4.69) is 53.6 Å². The van der Waals surface area contributed by atoms with Crippen LogP contribution in [0.25, 0.3) is 0 Å². The van der Waals surface area contributed by atoms with Gasteiger partial charge in [-0.1, -0.05) is 30.7 Å². The minimum absolute atomic E-state index is 0.0350. The van der Waals surface area contributed by atoms with Crippen LogP contribution in [0.15, 0.2) is 42.5 Å². The van der Waals surface area contributed by atoms with Crippen molar-refractivity contribution in [1.82, 2.24) is 5.32 Å². The zero-order chi connectivity index (χ0) is 21.7. The van der Waals surface area contributed by atoms with Crippen molar-refractivity contribution in [2.75, 3.05) is 30.4 Å². The van der Waals surface area contributed by atoms with Gasteiger partial charge in [0.15, 0.2) is 5.11 Å². The van der Waals surface area contributed by atoms with Crippen LogP contribution < -0.4 is 15.5 Å². The Morgan fingerprint density at radius 1 is 1.20 bits per heavy atom. The highest BCUT2D eigenvalue weighted by atomic mass is 35.5. The van der Waals surface area contributed by atoms with Crippen LogP contribution in [0.4, 0.5) is 11.4 Å². The first-order valence-corrected chi connectivity index (χ1v) is 11.0. The summed E-state index contributed by atoms with van der Waals surface area (Å²) >= 11 is 11.5. The lowest BCUT2D eigenvalue weighted by Crippen LogP contribution is -2.33. The molecule has 1 aliphatic heterocycles. The lowest BCUT2D eigenvalue weighted by Gasteiger charge is -2.32. The molecular formula is C23H28ClN3O2S. The maximum absolute atomic E-state index is 11.8. The summed E-state index contributed by atoms with van der Waals surface area (Å²) in [6.07, 6.45) is 2.50. The molecule has 7 heteroatoms. The minimum atomic E-state index is -0.487. The second-order valence-corrected chi connectivity index (χ2v) is 8.58. The summed E-state index contributed by atoms with van der Waals surface area (Å²) in [5.74, 6) is 0.335. The van der Waals surface area contributed by atoms with E-state index < -0.39 is 5.97 Å². The van der Waals surface area contributed by atoms with E-state index in [0.717, 1.165) is 24.6 Å². The number of hydrogen-bond donors (Lipinski definition) is 2. The molecule has 0 radical (unpaired) electrons. The van der Waals surface area contributed by atoms with Crippen molar-refractivity contribution >= 4 is 46.3 Å². The van der Waals surface area contributed by atoms with E-state index in [4.69, 9.17) is 28.6 Å². The van der Waals surface area contributed by atoms with Crippen molar-refractivity contribution < 1.29 is 9.53 Å². The van der Waals surface area contributed by atoms with E-state index in [1.165, 1.54) is 25.6 Å². The number of ether oxygens (including phenoxy) is 1. The molecule has 3 rings (SSSR count). The number of hydrogen-bond acceptors (Lipinski definition) is 4. The van der Waals surface area contributed by atoms with Crippen molar-refractivity contribution in [3.8, 4) is 0 Å². The van der Waals surface area contributed by atoms with Crippen molar-refractivity contribution in [1.29, 1.82) is 0 Å². The van der Waals surface area contributed by atoms with Crippen LogP contribution in [0.1, 0.15) is 48.7 Å². The highest BCUT2D eigenvalue weighted by Crippen LogP contribution is 2.25. The summed E-state index contributed by atoms with van der Waals surface area (Å²) in [6.45, 7) is 6.63. The fourth-order valence-electron chi connectivity index (χ4n) is 3.56. The molecule has 1 heterocycles. The summed E-state index contributed by atoms with van der Waals surface area (Å²) in [5, 5.41) is 7.19. The predicted molar refractivity (Wildman–Crippen MR) is 128 cm³/mol. The average molecular weight is 446 g/mol. The van der Waals surface area contributed by atoms with E-state index in [1.54, 1.807) is 18.2 Å². The molecule has 0 aromatic heterocycles. The van der Waals surface area contributed by atoms with Gasteiger partial charge in [-0.15, -0.1) is 0 Å². The normalized spacial score (nSPS) is 15.4. The first-order chi connectivity index (χ1) is 14.4. The topological polar surface area (TPSA) is 53.6 Å². The summed E-state index contributed by atoms with van der Waals surface area (Å²) in [5.41, 5.74) is 3.39. The summed E-state index contributed by atoms with van der Waals surface area (Å²) < 4.78 is 4.75. The molecule has 0 bridgehead atoms. The van der Waals surface area contributed by atoms with Gasteiger partial charge in [-0.05, 0) is 73.8 Å². The number of piperidine rings is 1. The molecule has 0 aliphatic carbocycles. The van der Waals surface area contributed by atoms with E-state index in [1.807, 2.05) is 0 Å². The number of benzene rings is 2. The highest BCUT2D eigenvalue weighted by Gasteiger charge is 2.17. The van der Waals surface area contributed by atoms with Gasteiger partial charge in [0.05, 0.1) is 23.7 Å². The summed E-state index contributed by atoms with van der Waals surface area (Å²) in [7, 11) is 1.32. The van der Waals surface area contributed by atoms with Gasteiger partial charge in [0.2, 0.25) is 0 Å². The zero-order valence-corrected chi connectivity index (χ0v) is 19.1. The Balaban J connectivity index is 1.58. The Morgan fingerprint density at radius 3 is 2.50 bits per heavy atom. The Hall–Kier alpha value is -2.31. The third kappa shape index (κ3) is 5.64. The van der Waals surface area contributed by atoms with Gasteiger partial charge in [0.1, 0.15) is 0 Å². The van der Waals surface area contributed by atoms with Crippen LogP contribution >= 0.6 is 23.8 Å². The van der Waals surface area contributed by atoms with Crippen molar-refractivity contribution in [3.63, 3.8) is 0 Å². The van der Waals surface area contributed by atoms with Crippen LogP contribution in [-0.2, 0) is 4.74 Å². The van der Waals surface area contributed by atoms with E-state index in [0.29, 0.717) is 21.4 Å². The van der Waals surface area contributed by atoms with Crippen LogP contribution in [-0.4, -0.2) is 31.3 Å². The molecule has 2 N–H and O–H groups in total. The van der Waals surface area contributed by atoms with Crippen LogP contribution in [0.2, 0.25) is 5.02 Å². The van der Waals surface area contributed by atoms with Gasteiger partial charge in [-0.2, -0.15) is 0 Å². The predicted octanol–water partition coefficient (Wildman–Crippen LogP) is 5.41. The number of esters is 1. The van der Waals surface area contributed by atoms with Crippen LogP contribution in [0, 0.1) is 5.92 Å². The summed E-state index contributed by atoms with van der Waals surface area (Å²) in [6, 6.07) is 13.7. The SMILES string of the molecule is COC(=O)c1cc(NC(=S)N[C@H](C)c2ccc(N3CCC(C)CC3)cc2)ccc1Cl. The number of carbonyl (C=O) groups excluding carboxylic acids is 1. The van der Waals surface area contributed by atoms with E-state index >= 15 is 0 Å². The third-order valence-electron chi connectivity index (χ3n) is 5.52. The zero-order valence-electron chi connectivity index (χ0n) is 17.6. The fourth-order valence-corrected chi connectivity index (χ4v) is 4.05. The number of thiocarbonyl (C=S) groups is 1. The molecule has 160 valence electrons. The molecule has 2 aromatic carbocycles. The molecule has 5 nitrogen and oxygen atoms in total. The molecule has 2 aromatic rings. The van der Waals surface area contributed by atoms with Gasteiger partial charge in [0, 0.05) is 24.5 Å². The Bertz CT molecular complexity index is 896. The molecule has 0 spiro atoms. The molecule has 0 amide bonds. The molecule has 30 heavy (non-hydrogen) atoms. The largest absolute Gasteiger partial charge is 0.465 e. The second-order valence-electron chi connectivity index (χ2n) is 7.77. The van der Waals surface area contributed by atoms with Crippen LogP contribution in [0.3, 0.4) is 0 Å². The van der Waals surface area contributed by atoms with Crippen molar-refractivity contribution in [3.05, 3.63) is 58.6 Å². The molecular weight excluding hydrogens is 418 g/mol. The summed E-state index contributed by atoms with van der Waals surface area (Å²) in [4.78, 5) is 14.3. The van der Waals surface area contributed by atoms with Crippen molar-refractivity contribution in [2.45, 2.75) is 32.7 Å². The maximum atomic E-state index is 11.8. The number of halogens is 1.